The monoisotopic (exact) mass is 380 g/mol. The van der Waals surface area contributed by atoms with Gasteiger partial charge in [-0.25, -0.2) is 10.3 Å². The summed E-state index contributed by atoms with van der Waals surface area (Å²) >= 11 is 0. The summed E-state index contributed by atoms with van der Waals surface area (Å²) < 4.78 is 0. The number of hydrogen-bond donors (Lipinski definition) is 5. The van der Waals surface area contributed by atoms with Crippen LogP contribution in [0.25, 0.3) is 0 Å². The fourth-order valence-corrected chi connectivity index (χ4v) is 3.16. The summed E-state index contributed by atoms with van der Waals surface area (Å²) in [7, 11) is 0. The topological polar surface area (TPSA) is 136 Å². The third-order valence-electron chi connectivity index (χ3n) is 4.52. The van der Waals surface area contributed by atoms with Crippen molar-refractivity contribution in [2.24, 2.45) is 5.92 Å². The molecule has 2 rings (SSSR count). The van der Waals surface area contributed by atoms with Gasteiger partial charge >= 0.3 is 6.16 Å². The quantitative estimate of drug-likeness (QED) is 0.364. The second kappa shape index (κ2) is 12.7. The first kappa shape index (κ1) is 22.4. The van der Waals surface area contributed by atoms with Crippen LogP contribution < -0.4 is 10.8 Å². The lowest BCUT2D eigenvalue weighted by atomic mass is 9.88. The Morgan fingerprint density at radius 3 is 2.19 bits per heavy atom. The van der Waals surface area contributed by atoms with Crippen molar-refractivity contribution in [3.05, 3.63) is 35.9 Å². The van der Waals surface area contributed by atoms with Crippen LogP contribution in [0.5, 0.6) is 0 Å². The first-order valence-electron chi connectivity index (χ1n) is 9.14. The van der Waals surface area contributed by atoms with Crippen LogP contribution in [0.1, 0.15) is 50.5 Å². The first-order valence-corrected chi connectivity index (χ1v) is 9.14. The van der Waals surface area contributed by atoms with E-state index < -0.39 is 18.1 Å². The summed E-state index contributed by atoms with van der Waals surface area (Å²) in [5.41, 5.74) is 2.87. The van der Waals surface area contributed by atoms with E-state index in [0.29, 0.717) is 6.42 Å². The first-order chi connectivity index (χ1) is 12.9. The molecule has 0 spiro atoms. The van der Waals surface area contributed by atoms with Gasteiger partial charge < -0.3 is 15.5 Å². The Balaban J connectivity index is 0.000000828. The number of hydroxylamine groups is 1. The number of nitrogens with one attached hydrogen (secondary N) is 2. The van der Waals surface area contributed by atoms with Gasteiger partial charge in [0.25, 0.3) is 5.91 Å². The Bertz CT molecular complexity index is 583. The van der Waals surface area contributed by atoms with Crippen LogP contribution in [0.4, 0.5) is 4.79 Å². The van der Waals surface area contributed by atoms with Crippen LogP contribution in [0, 0.1) is 5.92 Å². The maximum atomic E-state index is 12.3. The Morgan fingerprint density at radius 1 is 1.04 bits per heavy atom. The van der Waals surface area contributed by atoms with Gasteiger partial charge in [-0.3, -0.25) is 14.8 Å². The molecule has 0 saturated heterocycles. The largest absolute Gasteiger partial charge is 0.503 e. The highest BCUT2D eigenvalue weighted by Crippen LogP contribution is 2.23. The average molecular weight is 380 g/mol. The van der Waals surface area contributed by atoms with Crippen molar-refractivity contribution in [3.63, 3.8) is 0 Å². The van der Waals surface area contributed by atoms with Gasteiger partial charge in [-0.1, -0.05) is 49.6 Å². The Hall–Kier alpha value is -2.61. The molecule has 27 heavy (non-hydrogen) atoms. The van der Waals surface area contributed by atoms with Crippen molar-refractivity contribution in [2.75, 3.05) is 0 Å². The molecule has 2 amide bonds. The van der Waals surface area contributed by atoms with Gasteiger partial charge in [0.05, 0.1) is 0 Å². The summed E-state index contributed by atoms with van der Waals surface area (Å²) in [6, 6.07) is 9.35. The van der Waals surface area contributed by atoms with Gasteiger partial charge in [-0.2, -0.15) is 0 Å². The van der Waals surface area contributed by atoms with Crippen LogP contribution in [-0.4, -0.2) is 39.4 Å². The van der Waals surface area contributed by atoms with Gasteiger partial charge in [0.15, 0.2) is 0 Å². The Labute approximate surface area is 158 Å². The molecule has 8 heteroatoms. The Kier molecular flexibility index (Phi) is 10.5. The van der Waals surface area contributed by atoms with E-state index >= 15 is 0 Å². The van der Waals surface area contributed by atoms with Crippen LogP contribution in [0.2, 0.25) is 0 Å². The molecule has 1 fully saturated rings. The lowest BCUT2D eigenvalue weighted by Gasteiger charge is -2.24. The zero-order valence-electron chi connectivity index (χ0n) is 15.3. The van der Waals surface area contributed by atoms with Gasteiger partial charge in [-0.15, -0.1) is 0 Å². The number of aryl methyl sites for hydroxylation is 1. The van der Waals surface area contributed by atoms with Crippen molar-refractivity contribution in [2.45, 2.75) is 57.4 Å². The standard InChI is InChI=1S/C18H26N2O3.CH2O3/c21-17(15-11-5-2-6-12-15)19-16(18(22)20-23)13-7-10-14-8-3-1-4-9-14;2-1(3)4/h1,3-4,8-9,15-16,23H,2,5-7,10-13H2,(H,19,21)(H,20,22);(H2,2,3,4). The molecule has 8 nitrogen and oxygen atoms in total. The molecule has 0 bridgehead atoms. The van der Waals surface area contributed by atoms with Crippen LogP contribution in [-0.2, 0) is 16.0 Å². The molecular formula is C19H28N2O6. The van der Waals surface area contributed by atoms with E-state index in [4.69, 9.17) is 20.2 Å². The SMILES string of the molecule is O=C(NC(CCCc1ccccc1)C(=O)NO)C1CCCCC1.O=C(O)O. The molecule has 150 valence electrons. The number of amides is 2. The minimum atomic E-state index is -1.83. The number of benzene rings is 1. The predicted molar refractivity (Wildman–Crippen MR) is 98.5 cm³/mol. The highest BCUT2D eigenvalue weighted by atomic mass is 16.6. The molecule has 0 aliphatic heterocycles. The highest BCUT2D eigenvalue weighted by molar-refractivity contribution is 5.87. The molecule has 1 aliphatic carbocycles. The molecule has 0 radical (unpaired) electrons. The molecule has 0 heterocycles. The smallest absolute Gasteiger partial charge is 0.450 e. The normalized spacial score (nSPS) is 15.0. The van der Waals surface area contributed by atoms with Crippen molar-refractivity contribution >= 4 is 18.0 Å². The third kappa shape index (κ3) is 9.60. The number of hydrogen-bond acceptors (Lipinski definition) is 4. The molecule has 1 saturated carbocycles. The predicted octanol–water partition coefficient (Wildman–Crippen LogP) is 2.80. The van der Waals surface area contributed by atoms with Crippen LogP contribution in [0.15, 0.2) is 30.3 Å². The molecule has 1 aromatic rings. The second-order valence-electron chi connectivity index (χ2n) is 6.53. The number of carbonyl (C=O) groups excluding carboxylic acids is 2. The highest BCUT2D eigenvalue weighted by Gasteiger charge is 2.26. The van der Waals surface area contributed by atoms with E-state index in [1.807, 2.05) is 30.3 Å². The second-order valence-corrected chi connectivity index (χ2v) is 6.53. The minimum absolute atomic E-state index is 0.00636. The zero-order chi connectivity index (χ0) is 20.1. The molecule has 5 N–H and O–H groups in total. The summed E-state index contributed by atoms with van der Waals surface area (Å²) in [6.45, 7) is 0. The number of rotatable bonds is 7. The molecule has 1 aliphatic rings. The van der Waals surface area contributed by atoms with Crippen LogP contribution in [0.3, 0.4) is 0 Å². The summed E-state index contributed by atoms with van der Waals surface area (Å²) in [5.74, 6) is -0.591. The molecule has 1 atom stereocenters. The molecule has 1 unspecified atom stereocenters. The van der Waals surface area contributed by atoms with E-state index in [1.54, 1.807) is 5.48 Å². The third-order valence-corrected chi connectivity index (χ3v) is 4.52. The van der Waals surface area contributed by atoms with Crippen molar-refractivity contribution in [1.82, 2.24) is 10.8 Å². The fraction of sp³-hybridized carbons (Fsp3) is 0.526. The fourth-order valence-electron chi connectivity index (χ4n) is 3.16. The lowest BCUT2D eigenvalue weighted by molar-refractivity contribution is -0.136. The maximum absolute atomic E-state index is 12.3. The summed E-state index contributed by atoms with van der Waals surface area (Å²) in [6.07, 6.45) is 5.40. The van der Waals surface area contributed by atoms with Crippen molar-refractivity contribution in [3.8, 4) is 0 Å². The van der Waals surface area contributed by atoms with E-state index in [1.165, 1.54) is 12.0 Å². The van der Waals surface area contributed by atoms with E-state index in [9.17, 15) is 9.59 Å². The van der Waals surface area contributed by atoms with Crippen molar-refractivity contribution in [1.29, 1.82) is 0 Å². The number of carbonyl (C=O) groups is 3. The summed E-state index contributed by atoms with van der Waals surface area (Å²) in [5, 5.41) is 25.7. The Morgan fingerprint density at radius 2 is 1.63 bits per heavy atom. The van der Waals surface area contributed by atoms with Gasteiger partial charge in [0.1, 0.15) is 6.04 Å². The summed E-state index contributed by atoms with van der Waals surface area (Å²) in [4.78, 5) is 32.6. The molecule has 0 aromatic heterocycles. The van der Waals surface area contributed by atoms with Crippen LogP contribution >= 0.6 is 0 Å². The van der Waals surface area contributed by atoms with E-state index in [-0.39, 0.29) is 11.8 Å². The number of carboxylic acid groups (broad SMARTS) is 2. The molecule has 1 aromatic carbocycles. The zero-order valence-corrected chi connectivity index (χ0v) is 15.3. The maximum Gasteiger partial charge on any atom is 0.503 e. The van der Waals surface area contributed by atoms with Crippen molar-refractivity contribution < 1.29 is 29.8 Å². The average Bonchev–Trinajstić information content (AvgIpc) is 2.67. The minimum Gasteiger partial charge on any atom is -0.450 e. The van der Waals surface area contributed by atoms with Gasteiger partial charge in [0.2, 0.25) is 5.91 Å². The lowest BCUT2D eigenvalue weighted by Crippen LogP contribution is -2.48. The van der Waals surface area contributed by atoms with E-state index in [2.05, 4.69) is 5.32 Å². The van der Waals surface area contributed by atoms with Gasteiger partial charge in [0, 0.05) is 5.92 Å². The van der Waals surface area contributed by atoms with E-state index in [0.717, 1.165) is 38.5 Å². The van der Waals surface area contributed by atoms with Gasteiger partial charge in [-0.05, 0) is 37.7 Å². The molecular weight excluding hydrogens is 352 g/mol.